The van der Waals surface area contributed by atoms with E-state index in [9.17, 15) is 9.36 Å². The van der Waals surface area contributed by atoms with Gasteiger partial charge in [0, 0.05) is 16.9 Å². The minimum absolute atomic E-state index is 0.0654. The number of aryl methyl sites for hydroxylation is 3. The van der Waals surface area contributed by atoms with Crippen molar-refractivity contribution >= 4 is 12.7 Å². The third kappa shape index (κ3) is 3.08. The monoisotopic (exact) mass is 320 g/mol. The molecule has 1 aromatic rings. The Hall–Kier alpha value is -0.880. The molecule has 1 aliphatic carbocycles. The van der Waals surface area contributed by atoms with Gasteiger partial charge in [0.1, 0.15) is 0 Å². The molecule has 0 amide bonds. The van der Waals surface area contributed by atoms with E-state index in [0.717, 1.165) is 42.4 Å². The Balaban J connectivity index is 2.49. The van der Waals surface area contributed by atoms with Gasteiger partial charge in [-0.2, -0.15) is 0 Å². The van der Waals surface area contributed by atoms with Crippen LogP contribution < -0.4 is 0 Å². The normalized spacial score (nSPS) is 19.2. The molecule has 0 aliphatic heterocycles. The molecule has 1 aliphatic rings. The van der Waals surface area contributed by atoms with E-state index < -0.39 is 7.14 Å². The van der Waals surface area contributed by atoms with E-state index in [1.807, 2.05) is 46.8 Å². The molecule has 0 spiro atoms. The minimum Gasteiger partial charge on any atom is -0.315 e. The van der Waals surface area contributed by atoms with Crippen molar-refractivity contribution in [3.05, 3.63) is 34.4 Å². The molecule has 1 aromatic carbocycles. The molecule has 1 fully saturated rings. The van der Waals surface area contributed by atoms with Crippen LogP contribution in [0.3, 0.4) is 0 Å². The number of rotatable bonds is 4. The van der Waals surface area contributed by atoms with E-state index in [1.54, 1.807) is 0 Å². The van der Waals surface area contributed by atoms with Gasteiger partial charge in [-0.25, -0.2) is 0 Å². The van der Waals surface area contributed by atoms with Crippen LogP contribution in [-0.4, -0.2) is 16.8 Å². The quantitative estimate of drug-likeness (QED) is 0.651. The summed E-state index contributed by atoms with van der Waals surface area (Å²) in [5.41, 5.74) is 3.77. The first kappa shape index (κ1) is 17.5. The van der Waals surface area contributed by atoms with Gasteiger partial charge in [-0.1, -0.05) is 50.8 Å². The Bertz CT molecular complexity index is 587. The van der Waals surface area contributed by atoms with E-state index >= 15 is 0 Å². The summed E-state index contributed by atoms with van der Waals surface area (Å²) in [5, 5.41) is 0. The van der Waals surface area contributed by atoms with Crippen LogP contribution in [0.5, 0.6) is 0 Å². The molecule has 1 unspecified atom stereocenters. The Labute approximate surface area is 135 Å². The topological polar surface area (TPSA) is 34.1 Å². The molecule has 2 rings (SSSR count). The van der Waals surface area contributed by atoms with Crippen LogP contribution in [0.25, 0.3) is 0 Å². The fraction of sp³-hybridized carbons (Fsp3) is 0.632. The fourth-order valence-electron chi connectivity index (χ4n) is 3.98. The first-order valence-corrected chi connectivity index (χ1v) is 10.3. The van der Waals surface area contributed by atoms with Crippen molar-refractivity contribution < 1.29 is 9.36 Å². The molecular formula is C19H29O2P. The maximum absolute atomic E-state index is 13.8. The lowest BCUT2D eigenvalue weighted by atomic mass is 10.0. The Morgan fingerprint density at radius 1 is 1.05 bits per heavy atom. The highest BCUT2D eigenvalue weighted by molar-refractivity contribution is 7.82. The second-order valence-electron chi connectivity index (χ2n) is 7.17. The average Bonchev–Trinajstić information content (AvgIpc) is 2.45. The zero-order chi connectivity index (χ0) is 16.5. The second kappa shape index (κ2) is 6.71. The van der Waals surface area contributed by atoms with Crippen LogP contribution in [0.1, 0.15) is 73.0 Å². The van der Waals surface area contributed by atoms with E-state index in [-0.39, 0.29) is 16.8 Å². The summed E-state index contributed by atoms with van der Waals surface area (Å²) < 4.78 is 13.8. The highest BCUT2D eigenvalue weighted by atomic mass is 31.2. The van der Waals surface area contributed by atoms with Crippen LogP contribution in [0, 0.1) is 20.8 Å². The first-order valence-electron chi connectivity index (χ1n) is 8.50. The predicted molar refractivity (Wildman–Crippen MR) is 94.6 cm³/mol. The molecule has 2 nitrogen and oxygen atoms in total. The van der Waals surface area contributed by atoms with Gasteiger partial charge in [0.15, 0.2) is 7.14 Å². The maximum atomic E-state index is 13.8. The largest absolute Gasteiger partial charge is 0.315 e. The summed E-state index contributed by atoms with van der Waals surface area (Å²) in [6, 6.07) is 4.07. The van der Waals surface area contributed by atoms with Gasteiger partial charge in [0.05, 0.1) is 0 Å². The fourth-order valence-corrected chi connectivity index (χ4v) is 7.46. The second-order valence-corrected chi connectivity index (χ2v) is 10.8. The van der Waals surface area contributed by atoms with Crippen molar-refractivity contribution in [1.82, 2.24) is 0 Å². The SMILES string of the molecule is Cc1cc(C)c(C(=O)P(=O)(C(C)C)C2CCCCC2)c(C)c1. The molecule has 1 saturated carbocycles. The molecule has 0 bridgehead atoms. The lowest BCUT2D eigenvalue weighted by molar-refractivity contribution is 0.107. The van der Waals surface area contributed by atoms with Gasteiger partial charge in [-0.15, -0.1) is 0 Å². The summed E-state index contributed by atoms with van der Waals surface area (Å²) in [6.45, 7) is 9.91. The van der Waals surface area contributed by atoms with Gasteiger partial charge >= 0.3 is 0 Å². The van der Waals surface area contributed by atoms with Crippen LogP contribution >= 0.6 is 7.14 Å². The van der Waals surface area contributed by atoms with Gasteiger partial charge in [0.25, 0.3) is 0 Å². The number of carbonyl (C=O) groups excluding carboxylic acids is 1. The zero-order valence-corrected chi connectivity index (χ0v) is 15.5. The molecule has 0 heterocycles. The van der Waals surface area contributed by atoms with E-state index in [2.05, 4.69) is 0 Å². The van der Waals surface area contributed by atoms with Crippen molar-refractivity contribution in [2.45, 2.75) is 78.0 Å². The lowest BCUT2D eigenvalue weighted by Gasteiger charge is -2.33. The van der Waals surface area contributed by atoms with Crippen LogP contribution in [0.2, 0.25) is 0 Å². The molecule has 0 radical (unpaired) electrons. The highest BCUT2D eigenvalue weighted by Gasteiger charge is 2.44. The van der Waals surface area contributed by atoms with Crippen LogP contribution in [0.4, 0.5) is 0 Å². The third-order valence-electron chi connectivity index (χ3n) is 5.09. The molecule has 3 heteroatoms. The molecule has 1 atom stereocenters. The maximum Gasteiger partial charge on any atom is 0.222 e. The van der Waals surface area contributed by atoms with Crippen LogP contribution in [0.15, 0.2) is 12.1 Å². The van der Waals surface area contributed by atoms with E-state index in [0.29, 0.717) is 5.56 Å². The van der Waals surface area contributed by atoms with Gasteiger partial charge in [-0.05, 0) is 44.7 Å². The van der Waals surface area contributed by atoms with Gasteiger partial charge < -0.3 is 4.57 Å². The number of benzene rings is 1. The minimum atomic E-state index is -2.89. The summed E-state index contributed by atoms with van der Waals surface area (Å²) in [6.07, 6.45) is 5.34. The van der Waals surface area contributed by atoms with Crippen molar-refractivity contribution in [3.63, 3.8) is 0 Å². The summed E-state index contributed by atoms with van der Waals surface area (Å²) in [5.74, 6) is 0. The number of hydrogen-bond donors (Lipinski definition) is 0. The van der Waals surface area contributed by atoms with Crippen molar-refractivity contribution in [3.8, 4) is 0 Å². The highest BCUT2D eigenvalue weighted by Crippen LogP contribution is 2.61. The molecule has 0 aromatic heterocycles. The summed E-state index contributed by atoms with van der Waals surface area (Å²) in [4.78, 5) is 13.3. The lowest BCUT2D eigenvalue weighted by Crippen LogP contribution is -2.24. The third-order valence-corrected chi connectivity index (χ3v) is 9.09. The standard InChI is InChI=1S/C19H29O2P/c1-13(2)22(21,17-9-7-6-8-10-17)19(20)18-15(4)11-14(3)12-16(18)5/h11-13,17H,6-10H2,1-5H3. The summed E-state index contributed by atoms with van der Waals surface area (Å²) >= 11 is 0. The van der Waals surface area contributed by atoms with Crippen molar-refractivity contribution in [2.75, 3.05) is 0 Å². The Kier molecular flexibility index (Phi) is 5.33. The molecule has 22 heavy (non-hydrogen) atoms. The molecular weight excluding hydrogens is 291 g/mol. The smallest absolute Gasteiger partial charge is 0.222 e. The van der Waals surface area contributed by atoms with Crippen molar-refractivity contribution in [2.24, 2.45) is 0 Å². The van der Waals surface area contributed by atoms with Crippen molar-refractivity contribution in [1.29, 1.82) is 0 Å². The molecule has 0 saturated heterocycles. The zero-order valence-electron chi connectivity index (χ0n) is 14.6. The van der Waals surface area contributed by atoms with E-state index in [1.165, 1.54) is 6.42 Å². The van der Waals surface area contributed by atoms with Gasteiger partial charge in [0.2, 0.25) is 5.52 Å². The van der Waals surface area contributed by atoms with E-state index in [4.69, 9.17) is 0 Å². The van der Waals surface area contributed by atoms with Gasteiger partial charge in [-0.3, -0.25) is 4.79 Å². The average molecular weight is 320 g/mol. The Morgan fingerprint density at radius 2 is 1.55 bits per heavy atom. The summed E-state index contributed by atoms with van der Waals surface area (Å²) in [7, 11) is -2.89. The first-order chi connectivity index (χ1) is 10.3. The number of carbonyl (C=O) groups is 1. The Morgan fingerprint density at radius 3 is 2.00 bits per heavy atom. The number of hydrogen-bond acceptors (Lipinski definition) is 2. The molecule has 122 valence electrons. The predicted octanol–water partition coefficient (Wildman–Crippen LogP) is 5.86. The van der Waals surface area contributed by atoms with Crippen LogP contribution in [-0.2, 0) is 4.57 Å². The molecule has 0 N–H and O–H groups in total.